The van der Waals surface area contributed by atoms with Crippen molar-refractivity contribution in [2.75, 3.05) is 4.90 Å². The smallest absolute Gasteiger partial charge is 0.297 e. The number of aromatic nitrogens is 1. The van der Waals surface area contributed by atoms with Gasteiger partial charge in [0.05, 0.1) is 17.2 Å². The van der Waals surface area contributed by atoms with Gasteiger partial charge in [-0.2, -0.15) is 0 Å². The topological polar surface area (TPSA) is 76.6 Å². The lowest BCUT2D eigenvalue weighted by Crippen LogP contribution is -2.29. The zero-order chi connectivity index (χ0) is 17.0. The van der Waals surface area contributed by atoms with E-state index in [9.17, 15) is 9.59 Å². The average molecular weight is 350 g/mol. The van der Waals surface area contributed by atoms with Gasteiger partial charge in [-0.3, -0.25) is 14.5 Å². The number of fused-ring (bicyclic) bond motifs is 2. The van der Waals surface area contributed by atoms with Crippen LogP contribution in [0.15, 0.2) is 67.9 Å². The number of hydrogen-bond acceptors (Lipinski definition) is 6. The van der Waals surface area contributed by atoms with Crippen LogP contribution in [0.4, 0.5) is 5.13 Å². The zero-order valence-corrected chi connectivity index (χ0v) is 13.5. The van der Waals surface area contributed by atoms with Crippen molar-refractivity contribution in [3.8, 4) is 0 Å². The number of anilines is 1. The van der Waals surface area contributed by atoms with Gasteiger partial charge in [-0.05, 0) is 24.3 Å². The molecule has 1 aliphatic rings. The molecule has 1 unspecified atom stereocenters. The Balaban J connectivity index is 1.85. The third kappa shape index (κ3) is 1.93. The molecule has 5 rings (SSSR count). The molecule has 1 amide bonds. The molecular formula is C18H10N2O4S. The second-order valence-corrected chi connectivity index (χ2v) is 6.45. The number of amides is 1. The van der Waals surface area contributed by atoms with E-state index in [1.807, 2.05) is 0 Å². The van der Waals surface area contributed by atoms with E-state index in [1.165, 1.54) is 22.5 Å². The van der Waals surface area contributed by atoms with E-state index < -0.39 is 11.9 Å². The fraction of sp³-hybridized carbons (Fsp3) is 0.0556. The summed E-state index contributed by atoms with van der Waals surface area (Å²) in [5, 5.41) is 2.70. The number of furan rings is 1. The van der Waals surface area contributed by atoms with Crippen molar-refractivity contribution in [1.82, 2.24) is 4.98 Å². The molecule has 3 aromatic heterocycles. The number of rotatable bonds is 2. The molecule has 7 heteroatoms. The third-order valence-electron chi connectivity index (χ3n) is 4.22. The lowest BCUT2D eigenvalue weighted by atomic mass is 10.0. The Morgan fingerprint density at radius 3 is 2.76 bits per heavy atom. The van der Waals surface area contributed by atoms with Gasteiger partial charge >= 0.3 is 0 Å². The highest BCUT2D eigenvalue weighted by molar-refractivity contribution is 7.13. The monoisotopic (exact) mass is 350 g/mol. The van der Waals surface area contributed by atoms with E-state index >= 15 is 0 Å². The predicted octanol–water partition coefficient (Wildman–Crippen LogP) is 3.59. The van der Waals surface area contributed by atoms with Gasteiger partial charge in [0, 0.05) is 11.6 Å². The number of nitrogens with zero attached hydrogens (tertiary/aromatic N) is 2. The molecule has 1 atom stereocenters. The summed E-state index contributed by atoms with van der Waals surface area (Å²) in [7, 11) is 0. The van der Waals surface area contributed by atoms with Crippen molar-refractivity contribution in [1.29, 1.82) is 0 Å². The van der Waals surface area contributed by atoms with Crippen LogP contribution in [0.25, 0.3) is 11.0 Å². The SMILES string of the molecule is O=C1c2oc3ccccc3c(=O)c2C(c2ccco2)N1c1nccs1. The van der Waals surface area contributed by atoms with Crippen molar-refractivity contribution in [3.05, 3.63) is 81.5 Å². The summed E-state index contributed by atoms with van der Waals surface area (Å²) < 4.78 is 11.3. The highest BCUT2D eigenvalue weighted by Gasteiger charge is 2.46. The maximum absolute atomic E-state index is 13.1. The van der Waals surface area contributed by atoms with Gasteiger partial charge in [0.2, 0.25) is 5.76 Å². The quantitative estimate of drug-likeness (QED) is 0.552. The maximum Gasteiger partial charge on any atom is 0.297 e. The van der Waals surface area contributed by atoms with Crippen molar-refractivity contribution in [2.45, 2.75) is 6.04 Å². The third-order valence-corrected chi connectivity index (χ3v) is 4.99. The van der Waals surface area contributed by atoms with E-state index in [4.69, 9.17) is 8.83 Å². The second kappa shape index (κ2) is 5.15. The van der Waals surface area contributed by atoms with Gasteiger partial charge in [0.1, 0.15) is 17.4 Å². The second-order valence-electron chi connectivity index (χ2n) is 5.58. The fourth-order valence-corrected chi connectivity index (χ4v) is 3.83. The van der Waals surface area contributed by atoms with Crippen molar-refractivity contribution in [2.24, 2.45) is 0 Å². The van der Waals surface area contributed by atoms with Crippen LogP contribution in [0.5, 0.6) is 0 Å². The minimum atomic E-state index is -0.690. The first-order valence-corrected chi connectivity index (χ1v) is 8.46. The van der Waals surface area contributed by atoms with Crippen LogP contribution in [0.3, 0.4) is 0 Å². The van der Waals surface area contributed by atoms with Crippen LogP contribution in [-0.2, 0) is 0 Å². The first-order valence-electron chi connectivity index (χ1n) is 7.58. The Bertz CT molecular complexity index is 1150. The van der Waals surface area contributed by atoms with Crippen LogP contribution in [0.2, 0.25) is 0 Å². The lowest BCUT2D eigenvalue weighted by molar-refractivity contribution is 0.0969. The highest BCUT2D eigenvalue weighted by Crippen LogP contribution is 2.41. The standard InChI is InChI=1S/C18H10N2O4S/c21-15-10-4-1-2-5-11(10)24-16-13(15)14(12-6-3-8-23-12)20(17(16)22)18-19-7-9-25-18/h1-9,14H. The molecule has 25 heavy (non-hydrogen) atoms. The van der Waals surface area contributed by atoms with Crippen molar-refractivity contribution >= 4 is 33.3 Å². The predicted molar refractivity (Wildman–Crippen MR) is 92.0 cm³/mol. The summed E-state index contributed by atoms with van der Waals surface area (Å²) in [5.74, 6) is 0.138. The Hall–Kier alpha value is -3.19. The van der Waals surface area contributed by atoms with Crippen LogP contribution in [0, 0.1) is 0 Å². The fourth-order valence-electron chi connectivity index (χ4n) is 3.17. The molecule has 0 spiro atoms. The Labute approximate surface area is 144 Å². The Morgan fingerprint density at radius 1 is 1.12 bits per heavy atom. The number of benzene rings is 1. The van der Waals surface area contributed by atoms with Crippen LogP contribution >= 0.6 is 11.3 Å². The molecule has 4 heterocycles. The summed E-state index contributed by atoms with van der Waals surface area (Å²) in [6.07, 6.45) is 3.13. The minimum absolute atomic E-state index is 0.0419. The number of para-hydroxylation sites is 1. The molecular weight excluding hydrogens is 340 g/mol. The minimum Gasteiger partial charge on any atom is -0.467 e. The van der Waals surface area contributed by atoms with Crippen LogP contribution < -0.4 is 10.3 Å². The van der Waals surface area contributed by atoms with E-state index in [1.54, 1.807) is 48.0 Å². The molecule has 122 valence electrons. The van der Waals surface area contributed by atoms with Crippen molar-refractivity contribution < 1.29 is 13.6 Å². The van der Waals surface area contributed by atoms with Gasteiger partial charge in [0.15, 0.2) is 10.6 Å². The van der Waals surface area contributed by atoms with E-state index in [-0.39, 0.29) is 16.8 Å². The van der Waals surface area contributed by atoms with Gasteiger partial charge in [0.25, 0.3) is 5.91 Å². The molecule has 6 nitrogen and oxygen atoms in total. The van der Waals surface area contributed by atoms with Gasteiger partial charge in [-0.25, -0.2) is 4.98 Å². The molecule has 0 saturated carbocycles. The highest BCUT2D eigenvalue weighted by atomic mass is 32.1. The summed E-state index contributed by atoms with van der Waals surface area (Å²) in [6, 6.07) is 9.67. The molecule has 0 bridgehead atoms. The Morgan fingerprint density at radius 2 is 2.00 bits per heavy atom. The normalized spacial score (nSPS) is 16.6. The molecule has 0 N–H and O–H groups in total. The maximum atomic E-state index is 13.1. The number of carbonyl (C=O) groups excluding carboxylic acids is 1. The number of thiazole rings is 1. The van der Waals surface area contributed by atoms with Crippen molar-refractivity contribution in [3.63, 3.8) is 0 Å². The molecule has 0 fully saturated rings. The van der Waals surface area contributed by atoms with E-state index in [0.717, 1.165) is 0 Å². The molecule has 0 radical (unpaired) electrons. The zero-order valence-electron chi connectivity index (χ0n) is 12.7. The first kappa shape index (κ1) is 14.2. The van der Waals surface area contributed by atoms with E-state index in [0.29, 0.717) is 21.9 Å². The largest absolute Gasteiger partial charge is 0.467 e. The molecule has 1 aliphatic heterocycles. The summed E-state index contributed by atoms with van der Waals surface area (Å²) >= 11 is 1.31. The Kier molecular flexibility index (Phi) is 2.92. The first-order chi connectivity index (χ1) is 12.3. The molecule has 1 aromatic carbocycles. The summed E-state index contributed by atoms with van der Waals surface area (Å²) in [6.45, 7) is 0. The average Bonchev–Trinajstić information content (AvgIpc) is 3.36. The van der Waals surface area contributed by atoms with Gasteiger partial charge in [-0.15, -0.1) is 11.3 Å². The van der Waals surface area contributed by atoms with E-state index in [2.05, 4.69) is 4.98 Å². The van der Waals surface area contributed by atoms with Gasteiger partial charge in [-0.1, -0.05) is 12.1 Å². The number of hydrogen-bond donors (Lipinski definition) is 0. The molecule has 0 aliphatic carbocycles. The molecule has 0 saturated heterocycles. The van der Waals surface area contributed by atoms with Gasteiger partial charge < -0.3 is 8.83 Å². The van der Waals surface area contributed by atoms with Crippen LogP contribution in [0.1, 0.15) is 27.9 Å². The molecule has 4 aromatic rings. The summed E-state index contributed by atoms with van der Waals surface area (Å²) in [5.41, 5.74) is 0.443. The number of carbonyl (C=O) groups is 1. The summed E-state index contributed by atoms with van der Waals surface area (Å²) in [4.78, 5) is 31.8. The lowest BCUT2D eigenvalue weighted by Gasteiger charge is -2.19. The van der Waals surface area contributed by atoms with Crippen LogP contribution in [-0.4, -0.2) is 10.9 Å².